The molecule has 2 bridgehead atoms. The maximum absolute atomic E-state index is 12.1. The van der Waals surface area contributed by atoms with Crippen molar-refractivity contribution in [3.63, 3.8) is 0 Å². The van der Waals surface area contributed by atoms with Gasteiger partial charge in [0.2, 0.25) is 0 Å². The van der Waals surface area contributed by atoms with Crippen LogP contribution in [0.25, 0.3) is 0 Å². The molecule has 0 spiro atoms. The molecule has 1 aromatic carbocycles. The molecular formula is C16H22F2N2O. The molecule has 3 rings (SSSR count). The minimum Gasteiger partial charge on any atom is -0.435 e. The van der Waals surface area contributed by atoms with Crippen molar-refractivity contribution in [3.8, 4) is 5.75 Å². The molecule has 2 aliphatic carbocycles. The molecule has 21 heavy (non-hydrogen) atoms. The fraction of sp³-hybridized carbons (Fsp3) is 0.625. The molecule has 0 heterocycles. The van der Waals surface area contributed by atoms with Gasteiger partial charge in [-0.25, -0.2) is 0 Å². The van der Waals surface area contributed by atoms with Crippen molar-refractivity contribution in [3.05, 3.63) is 29.8 Å². The van der Waals surface area contributed by atoms with Crippen LogP contribution in [0, 0.1) is 17.8 Å². The Labute approximate surface area is 123 Å². The van der Waals surface area contributed by atoms with E-state index in [-0.39, 0.29) is 11.8 Å². The summed E-state index contributed by atoms with van der Waals surface area (Å²) in [6.07, 6.45) is 6.46. The third kappa shape index (κ3) is 3.35. The Morgan fingerprint density at radius 2 is 1.95 bits per heavy atom. The summed E-state index contributed by atoms with van der Waals surface area (Å²) in [6, 6.07) is 6.86. The standard InChI is InChI=1S/C16H22F2N2O/c17-16(18)21-14-5-3-11(4-6-14)15(20-19)9-13-8-10-1-2-12(13)7-10/h3-6,10,12-13,15-16,20H,1-2,7-9,19H2. The van der Waals surface area contributed by atoms with Gasteiger partial charge in [0.15, 0.2) is 0 Å². The molecule has 4 unspecified atom stereocenters. The number of benzene rings is 1. The molecule has 0 amide bonds. The van der Waals surface area contributed by atoms with Crippen molar-refractivity contribution in [2.45, 2.75) is 44.8 Å². The highest BCUT2D eigenvalue weighted by atomic mass is 19.3. The number of hydrazine groups is 1. The van der Waals surface area contributed by atoms with Crippen molar-refractivity contribution in [1.29, 1.82) is 0 Å². The number of nitrogens with two attached hydrogens (primary N) is 1. The summed E-state index contributed by atoms with van der Waals surface area (Å²) in [4.78, 5) is 0. The Kier molecular flexibility index (Phi) is 4.40. The van der Waals surface area contributed by atoms with Gasteiger partial charge in [0, 0.05) is 6.04 Å². The monoisotopic (exact) mass is 296 g/mol. The Morgan fingerprint density at radius 1 is 1.19 bits per heavy atom. The van der Waals surface area contributed by atoms with E-state index in [1.165, 1.54) is 25.7 Å². The van der Waals surface area contributed by atoms with Crippen LogP contribution in [-0.4, -0.2) is 6.61 Å². The molecule has 3 nitrogen and oxygen atoms in total. The van der Waals surface area contributed by atoms with Gasteiger partial charge in [-0.15, -0.1) is 0 Å². The van der Waals surface area contributed by atoms with Gasteiger partial charge in [0.25, 0.3) is 0 Å². The van der Waals surface area contributed by atoms with Crippen LogP contribution in [0.3, 0.4) is 0 Å². The summed E-state index contributed by atoms with van der Waals surface area (Å²) in [6.45, 7) is -2.78. The molecule has 0 saturated heterocycles. The van der Waals surface area contributed by atoms with Gasteiger partial charge < -0.3 is 4.74 Å². The molecule has 1 aromatic rings. The summed E-state index contributed by atoms with van der Waals surface area (Å²) < 4.78 is 28.7. The molecule has 0 radical (unpaired) electrons. The van der Waals surface area contributed by atoms with Crippen LogP contribution in [0.1, 0.15) is 43.7 Å². The van der Waals surface area contributed by atoms with Gasteiger partial charge in [-0.05, 0) is 61.1 Å². The van der Waals surface area contributed by atoms with Crippen LogP contribution in [0.15, 0.2) is 24.3 Å². The fourth-order valence-corrected chi connectivity index (χ4v) is 4.15. The zero-order valence-corrected chi connectivity index (χ0v) is 12.0. The van der Waals surface area contributed by atoms with Crippen LogP contribution in [-0.2, 0) is 0 Å². The average Bonchev–Trinajstić information content (AvgIpc) is 3.07. The van der Waals surface area contributed by atoms with Gasteiger partial charge in [-0.1, -0.05) is 18.6 Å². The van der Waals surface area contributed by atoms with Gasteiger partial charge in [0.05, 0.1) is 0 Å². The predicted octanol–water partition coefficient (Wildman–Crippen LogP) is 3.62. The highest BCUT2D eigenvalue weighted by Gasteiger charge is 2.40. The maximum atomic E-state index is 12.1. The lowest BCUT2D eigenvalue weighted by Gasteiger charge is -2.26. The second kappa shape index (κ2) is 6.28. The largest absolute Gasteiger partial charge is 0.435 e. The topological polar surface area (TPSA) is 47.3 Å². The van der Waals surface area contributed by atoms with Crippen molar-refractivity contribution < 1.29 is 13.5 Å². The first-order valence-electron chi connectivity index (χ1n) is 7.66. The predicted molar refractivity (Wildman–Crippen MR) is 76.7 cm³/mol. The molecule has 116 valence electrons. The number of rotatable bonds is 6. The smallest absolute Gasteiger partial charge is 0.387 e. The molecule has 5 heteroatoms. The van der Waals surface area contributed by atoms with E-state index >= 15 is 0 Å². The zero-order chi connectivity index (χ0) is 14.8. The number of ether oxygens (including phenoxy) is 1. The third-order valence-corrected chi connectivity index (χ3v) is 5.13. The van der Waals surface area contributed by atoms with E-state index in [2.05, 4.69) is 10.2 Å². The highest BCUT2D eigenvalue weighted by molar-refractivity contribution is 5.29. The summed E-state index contributed by atoms with van der Waals surface area (Å²) >= 11 is 0. The number of alkyl halides is 2. The maximum Gasteiger partial charge on any atom is 0.387 e. The first-order chi connectivity index (χ1) is 10.2. The van der Waals surface area contributed by atoms with E-state index in [9.17, 15) is 8.78 Å². The van der Waals surface area contributed by atoms with Crippen molar-refractivity contribution >= 4 is 0 Å². The fourth-order valence-electron chi connectivity index (χ4n) is 4.15. The quantitative estimate of drug-likeness (QED) is 0.622. The second-order valence-corrected chi connectivity index (χ2v) is 6.34. The normalized spacial score (nSPS) is 29.0. The molecule has 2 aliphatic rings. The molecule has 0 aromatic heterocycles. The molecule has 4 atom stereocenters. The minimum absolute atomic E-state index is 0.0787. The van der Waals surface area contributed by atoms with E-state index in [1.807, 2.05) is 12.1 Å². The van der Waals surface area contributed by atoms with Crippen LogP contribution in [0.5, 0.6) is 5.75 Å². The first kappa shape index (κ1) is 14.7. The van der Waals surface area contributed by atoms with Crippen LogP contribution < -0.4 is 16.0 Å². The summed E-state index contributed by atoms with van der Waals surface area (Å²) in [5.74, 6) is 8.39. The Hall–Kier alpha value is -1.20. The van der Waals surface area contributed by atoms with Crippen molar-refractivity contribution in [2.75, 3.05) is 0 Å². The van der Waals surface area contributed by atoms with Gasteiger partial charge in [0.1, 0.15) is 5.75 Å². The van der Waals surface area contributed by atoms with Crippen LogP contribution in [0.2, 0.25) is 0 Å². The minimum atomic E-state index is -2.78. The van der Waals surface area contributed by atoms with Crippen LogP contribution in [0.4, 0.5) is 8.78 Å². The van der Waals surface area contributed by atoms with E-state index < -0.39 is 6.61 Å². The lowest BCUT2D eigenvalue weighted by atomic mass is 9.83. The Morgan fingerprint density at radius 3 is 2.48 bits per heavy atom. The summed E-state index contributed by atoms with van der Waals surface area (Å²) in [5, 5.41) is 0. The van der Waals surface area contributed by atoms with Gasteiger partial charge in [-0.2, -0.15) is 8.78 Å². The number of fused-ring (bicyclic) bond motifs is 2. The number of nitrogens with one attached hydrogen (secondary N) is 1. The number of halogens is 2. The molecular weight excluding hydrogens is 274 g/mol. The highest BCUT2D eigenvalue weighted by Crippen LogP contribution is 2.50. The van der Waals surface area contributed by atoms with Crippen LogP contribution >= 0.6 is 0 Å². The summed E-state index contributed by atoms with van der Waals surface area (Å²) in [5.41, 5.74) is 3.91. The molecule has 0 aliphatic heterocycles. The Balaban J connectivity index is 1.63. The van der Waals surface area contributed by atoms with E-state index in [4.69, 9.17) is 5.84 Å². The van der Waals surface area contributed by atoms with E-state index in [0.29, 0.717) is 0 Å². The zero-order valence-electron chi connectivity index (χ0n) is 12.0. The average molecular weight is 296 g/mol. The third-order valence-electron chi connectivity index (χ3n) is 5.13. The lowest BCUT2D eigenvalue weighted by Crippen LogP contribution is -2.30. The number of hydrogen-bond acceptors (Lipinski definition) is 3. The van der Waals surface area contributed by atoms with Crippen molar-refractivity contribution in [1.82, 2.24) is 5.43 Å². The summed E-state index contributed by atoms with van der Waals surface area (Å²) in [7, 11) is 0. The van der Waals surface area contributed by atoms with Gasteiger partial charge in [-0.3, -0.25) is 11.3 Å². The second-order valence-electron chi connectivity index (χ2n) is 6.34. The SMILES string of the molecule is NNC(CC1CC2CCC1C2)c1ccc(OC(F)F)cc1. The Bertz CT molecular complexity index is 466. The van der Waals surface area contributed by atoms with E-state index in [0.717, 1.165) is 29.7 Å². The molecule has 2 fully saturated rings. The molecule has 2 saturated carbocycles. The molecule has 3 N–H and O–H groups in total. The number of hydrogen-bond donors (Lipinski definition) is 2. The van der Waals surface area contributed by atoms with Gasteiger partial charge >= 0.3 is 6.61 Å². The lowest BCUT2D eigenvalue weighted by molar-refractivity contribution is -0.0498. The van der Waals surface area contributed by atoms with E-state index in [1.54, 1.807) is 12.1 Å². The first-order valence-corrected chi connectivity index (χ1v) is 7.66. The van der Waals surface area contributed by atoms with Crippen molar-refractivity contribution in [2.24, 2.45) is 23.6 Å².